The fourth-order valence-electron chi connectivity index (χ4n) is 2.28. The molecule has 0 fully saturated rings. The number of aromatic amines is 1. The van der Waals surface area contributed by atoms with E-state index in [0.29, 0.717) is 12.5 Å². The van der Waals surface area contributed by atoms with Crippen LogP contribution in [0, 0.1) is 0 Å². The third-order valence-corrected chi connectivity index (χ3v) is 3.35. The average molecular weight is 278 g/mol. The Hall–Kier alpha value is -2.51. The molecule has 0 saturated carbocycles. The summed E-state index contributed by atoms with van der Waals surface area (Å²) in [5, 5.41) is 0. The van der Waals surface area contributed by atoms with Gasteiger partial charge >= 0.3 is 0 Å². The fraction of sp³-hybridized carbons (Fsp3) is 0.222. The summed E-state index contributed by atoms with van der Waals surface area (Å²) in [6, 6.07) is 4.03. The van der Waals surface area contributed by atoms with E-state index in [1.54, 1.807) is 0 Å². The standard InChI is InChI=1S/C18H18N2O/c1-2-3-13-21-17-11-10-16(20-17)18(14-7-4-5-8-14)15-9-6-12-19-15/h4-7,9-12,19H,2-3,13H2,1H3/b18-16-. The van der Waals surface area contributed by atoms with Crippen LogP contribution in [0.5, 0.6) is 0 Å². The number of nitrogens with zero attached hydrogens (tertiary/aromatic N) is 1. The smallest absolute Gasteiger partial charge is 0.213 e. The number of ether oxygens (including phenoxy) is 1. The summed E-state index contributed by atoms with van der Waals surface area (Å²) < 4.78 is 5.67. The molecule has 2 aliphatic rings. The summed E-state index contributed by atoms with van der Waals surface area (Å²) in [5.74, 6) is 0.689. The van der Waals surface area contributed by atoms with E-state index in [1.807, 2.05) is 48.7 Å². The first-order valence-electron chi connectivity index (χ1n) is 7.30. The number of allylic oxidation sites excluding steroid dienone is 5. The van der Waals surface area contributed by atoms with Crippen LogP contribution in [0.2, 0.25) is 0 Å². The molecule has 1 aromatic rings. The van der Waals surface area contributed by atoms with Crippen LogP contribution >= 0.6 is 0 Å². The Morgan fingerprint density at radius 1 is 1.33 bits per heavy atom. The molecule has 0 saturated heterocycles. The monoisotopic (exact) mass is 278 g/mol. The van der Waals surface area contributed by atoms with E-state index in [2.05, 4.69) is 22.6 Å². The summed E-state index contributed by atoms with van der Waals surface area (Å²) in [6.07, 6.45) is 14.0. The average Bonchev–Trinajstić information content (AvgIpc) is 3.22. The van der Waals surface area contributed by atoms with Gasteiger partial charge in [0.1, 0.15) is 0 Å². The molecule has 0 atom stereocenters. The Morgan fingerprint density at radius 3 is 3.00 bits per heavy atom. The largest absolute Gasteiger partial charge is 0.478 e. The van der Waals surface area contributed by atoms with Crippen LogP contribution < -0.4 is 0 Å². The number of hydrogen-bond acceptors (Lipinski definition) is 2. The highest BCUT2D eigenvalue weighted by atomic mass is 16.5. The molecule has 0 bridgehead atoms. The van der Waals surface area contributed by atoms with Crippen molar-refractivity contribution in [3.63, 3.8) is 0 Å². The van der Waals surface area contributed by atoms with Crippen molar-refractivity contribution >= 4 is 11.5 Å². The lowest BCUT2D eigenvalue weighted by Crippen LogP contribution is -2.00. The molecule has 1 aromatic heterocycles. The summed E-state index contributed by atoms with van der Waals surface area (Å²) in [6.45, 7) is 2.86. The highest BCUT2D eigenvalue weighted by Crippen LogP contribution is 2.30. The summed E-state index contributed by atoms with van der Waals surface area (Å²) in [4.78, 5) is 7.84. The Morgan fingerprint density at radius 2 is 2.29 bits per heavy atom. The first-order valence-corrected chi connectivity index (χ1v) is 7.30. The maximum atomic E-state index is 5.67. The number of aliphatic imine (C=N–C) groups is 1. The summed E-state index contributed by atoms with van der Waals surface area (Å²) in [5.41, 5.74) is 7.28. The first-order chi connectivity index (χ1) is 10.4. The van der Waals surface area contributed by atoms with Crippen molar-refractivity contribution in [2.24, 2.45) is 4.99 Å². The van der Waals surface area contributed by atoms with Gasteiger partial charge in [0.15, 0.2) is 0 Å². The third kappa shape index (κ3) is 2.99. The van der Waals surface area contributed by atoms with Gasteiger partial charge in [-0.15, -0.1) is 5.73 Å². The van der Waals surface area contributed by atoms with Gasteiger partial charge in [-0.05, 0) is 36.8 Å². The number of nitrogens with one attached hydrogen (secondary N) is 1. The molecule has 0 unspecified atom stereocenters. The van der Waals surface area contributed by atoms with Crippen molar-refractivity contribution in [2.45, 2.75) is 19.8 Å². The van der Waals surface area contributed by atoms with Gasteiger partial charge in [0.05, 0.1) is 12.3 Å². The topological polar surface area (TPSA) is 37.4 Å². The molecule has 2 heterocycles. The molecule has 1 aliphatic heterocycles. The van der Waals surface area contributed by atoms with Gasteiger partial charge in [0, 0.05) is 29.1 Å². The van der Waals surface area contributed by atoms with Gasteiger partial charge in [0.2, 0.25) is 5.90 Å². The van der Waals surface area contributed by atoms with Crippen LogP contribution in [0.4, 0.5) is 0 Å². The van der Waals surface area contributed by atoms with Crippen molar-refractivity contribution in [2.75, 3.05) is 6.61 Å². The van der Waals surface area contributed by atoms with E-state index in [-0.39, 0.29) is 0 Å². The molecule has 0 radical (unpaired) electrons. The lowest BCUT2D eigenvalue weighted by molar-refractivity contribution is 0.300. The number of unbranched alkanes of at least 4 members (excludes halogenated alkanes) is 1. The molecule has 0 amide bonds. The molecule has 1 N–H and O–H groups in total. The normalized spacial score (nSPS) is 18.1. The zero-order valence-electron chi connectivity index (χ0n) is 12.1. The van der Waals surface area contributed by atoms with Crippen LogP contribution in [-0.4, -0.2) is 17.5 Å². The highest BCUT2D eigenvalue weighted by molar-refractivity contribution is 5.96. The number of H-pyrrole nitrogens is 1. The van der Waals surface area contributed by atoms with Gasteiger partial charge < -0.3 is 9.72 Å². The predicted molar refractivity (Wildman–Crippen MR) is 85.9 cm³/mol. The zero-order chi connectivity index (χ0) is 14.5. The van der Waals surface area contributed by atoms with E-state index in [1.165, 1.54) is 0 Å². The minimum absolute atomic E-state index is 0.689. The third-order valence-electron chi connectivity index (χ3n) is 3.35. The SMILES string of the molecule is CCCCOC1=N/C(=C(/C2=C=CC=C2)c2ccc[nH]2)C=C1. The molecular formula is C18H18N2O. The number of aromatic nitrogens is 1. The van der Waals surface area contributed by atoms with Crippen LogP contribution in [0.25, 0.3) is 5.57 Å². The van der Waals surface area contributed by atoms with Crippen molar-refractivity contribution in [1.29, 1.82) is 0 Å². The Bertz CT molecular complexity index is 694. The Balaban J connectivity index is 1.92. The van der Waals surface area contributed by atoms with E-state index in [0.717, 1.165) is 35.4 Å². The van der Waals surface area contributed by atoms with Gasteiger partial charge in [-0.25, -0.2) is 4.99 Å². The second-order valence-electron chi connectivity index (χ2n) is 4.91. The molecule has 3 rings (SSSR count). The summed E-state index contributed by atoms with van der Waals surface area (Å²) in [7, 11) is 0. The Labute approximate surface area is 124 Å². The second-order valence-corrected chi connectivity index (χ2v) is 4.91. The van der Waals surface area contributed by atoms with Crippen LogP contribution in [0.3, 0.4) is 0 Å². The van der Waals surface area contributed by atoms with E-state index in [9.17, 15) is 0 Å². The van der Waals surface area contributed by atoms with Crippen molar-refractivity contribution in [3.05, 3.63) is 71.4 Å². The maximum absolute atomic E-state index is 5.67. The molecule has 3 nitrogen and oxygen atoms in total. The van der Waals surface area contributed by atoms with Crippen molar-refractivity contribution < 1.29 is 4.74 Å². The molecule has 0 aromatic carbocycles. The van der Waals surface area contributed by atoms with Gasteiger partial charge in [-0.3, -0.25) is 0 Å². The first kappa shape index (κ1) is 13.5. The van der Waals surface area contributed by atoms with Gasteiger partial charge in [0.25, 0.3) is 0 Å². The molecule has 1 aliphatic carbocycles. The molecule has 106 valence electrons. The van der Waals surface area contributed by atoms with Crippen molar-refractivity contribution in [1.82, 2.24) is 4.98 Å². The van der Waals surface area contributed by atoms with Crippen LogP contribution in [0.15, 0.2) is 70.7 Å². The molecule has 3 heteroatoms. The second kappa shape index (κ2) is 6.29. The van der Waals surface area contributed by atoms with E-state index < -0.39 is 0 Å². The van der Waals surface area contributed by atoms with Gasteiger partial charge in [-0.1, -0.05) is 19.4 Å². The van der Waals surface area contributed by atoms with E-state index >= 15 is 0 Å². The summed E-state index contributed by atoms with van der Waals surface area (Å²) >= 11 is 0. The number of rotatable bonds is 5. The molecular weight excluding hydrogens is 260 g/mol. The fourth-order valence-corrected chi connectivity index (χ4v) is 2.28. The minimum Gasteiger partial charge on any atom is -0.478 e. The minimum atomic E-state index is 0.689. The Kier molecular flexibility index (Phi) is 4.04. The number of hydrogen-bond donors (Lipinski definition) is 1. The molecule has 0 spiro atoms. The maximum Gasteiger partial charge on any atom is 0.213 e. The van der Waals surface area contributed by atoms with E-state index in [4.69, 9.17) is 4.74 Å². The lowest BCUT2D eigenvalue weighted by Gasteiger charge is -2.06. The van der Waals surface area contributed by atoms with Crippen LogP contribution in [-0.2, 0) is 4.74 Å². The van der Waals surface area contributed by atoms with Crippen molar-refractivity contribution in [3.8, 4) is 0 Å². The van der Waals surface area contributed by atoms with Gasteiger partial charge in [-0.2, -0.15) is 0 Å². The zero-order valence-corrected chi connectivity index (χ0v) is 12.1. The highest BCUT2D eigenvalue weighted by Gasteiger charge is 2.16. The quantitative estimate of drug-likeness (QED) is 0.637. The predicted octanol–water partition coefficient (Wildman–Crippen LogP) is 4.16. The lowest BCUT2D eigenvalue weighted by atomic mass is 10.0. The van der Waals surface area contributed by atoms with Crippen LogP contribution in [0.1, 0.15) is 25.5 Å². The molecule has 21 heavy (non-hydrogen) atoms.